The largest absolute Gasteiger partial charge is 0.499 e. The van der Waals surface area contributed by atoms with Crippen molar-refractivity contribution in [3.63, 3.8) is 0 Å². The number of para-hydroxylation sites is 2. The molecule has 5 aliphatic heterocycles. The SMILES string of the molecule is [B]C([B])(Oc1cc2c(cc1OC)C(=O)N1c3ccccc3C[C@H]1C=N2)c1cc(NC(=O)C(C)NC(=O)C(C)NC(=O)CCCCC(=O)NCCN2C(=O)C=CC2=O)cc(C([B])([B])Oc2cc3c(cc2OC)C(=O)N2c4ccccc4C[C@H]2CN3)c1. The lowest BCUT2D eigenvalue weighted by atomic mass is 9.57. The minimum absolute atomic E-state index is 0.00228. The van der Waals surface area contributed by atoms with Gasteiger partial charge in [0.2, 0.25) is 23.6 Å². The van der Waals surface area contributed by atoms with Gasteiger partial charge in [-0.15, -0.1) is 0 Å². The number of anilines is 4. The molecule has 10 rings (SSSR count). The summed E-state index contributed by atoms with van der Waals surface area (Å²) in [5, 5.41) is 9.38. The summed E-state index contributed by atoms with van der Waals surface area (Å²) in [6.07, 6.45) is 5.97. The normalized spacial score (nSPS) is 17.2. The molecule has 0 saturated carbocycles. The van der Waals surface area contributed by atoms with Crippen molar-refractivity contribution in [2.24, 2.45) is 4.99 Å². The van der Waals surface area contributed by atoms with Crippen LogP contribution < -0.4 is 55.3 Å². The molecule has 5 heterocycles. The molecular formula is C60H57B4N9O12. The number of fused-ring (bicyclic) bond motifs is 8. The molecule has 8 radical (unpaired) electrons. The van der Waals surface area contributed by atoms with E-state index in [1.165, 1.54) is 64.5 Å². The molecule has 2 unspecified atom stereocenters. The first-order valence-corrected chi connectivity index (χ1v) is 27.6. The fourth-order valence-electron chi connectivity index (χ4n) is 10.8. The van der Waals surface area contributed by atoms with Crippen molar-refractivity contribution in [3.8, 4) is 23.0 Å². The van der Waals surface area contributed by atoms with Crippen molar-refractivity contribution in [2.75, 3.05) is 54.3 Å². The third-order valence-electron chi connectivity index (χ3n) is 15.3. The number of nitrogens with one attached hydrogen (secondary N) is 5. The fourth-order valence-corrected chi connectivity index (χ4v) is 10.8. The summed E-state index contributed by atoms with van der Waals surface area (Å²) in [7, 11) is 30.4. The van der Waals surface area contributed by atoms with Gasteiger partial charge >= 0.3 is 0 Å². The van der Waals surface area contributed by atoms with E-state index in [1.54, 1.807) is 22.1 Å². The van der Waals surface area contributed by atoms with Crippen molar-refractivity contribution in [1.29, 1.82) is 0 Å². The molecule has 0 spiro atoms. The number of methoxy groups -OCH3 is 2. The molecule has 21 nitrogen and oxygen atoms in total. The molecule has 426 valence electrons. The van der Waals surface area contributed by atoms with E-state index in [0.29, 0.717) is 43.5 Å². The van der Waals surface area contributed by atoms with Gasteiger partial charge in [0.1, 0.15) is 43.5 Å². The van der Waals surface area contributed by atoms with Gasteiger partial charge in [-0.25, -0.2) is 0 Å². The van der Waals surface area contributed by atoms with Gasteiger partial charge in [0.25, 0.3) is 23.6 Å². The summed E-state index contributed by atoms with van der Waals surface area (Å²) >= 11 is 0. The van der Waals surface area contributed by atoms with Gasteiger partial charge in [-0.05, 0) is 91.8 Å². The van der Waals surface area contributed by atoms with Gasteiger partial charge in [-0.2, -0.15) is 0 Å². The first kappa shape index (κ1) is 58.9. The smallest absolute Gasteiger partial charge is 0.261 e. The van der Waals surface area contributed by atoms with E-state index >= 15 is 0 Å². The number of imide groups is 1. The third-order valence-corrected chi connectivity index (χ3v) is 15.3. The summed E-state index contributed by atoms with van der Waals surface area (Å²) in [4.78, 5) is 114. The Morgan fingerprint density at radius 3 is 1.88 bits per heavy atom. The van der Waals surface area contributed by atoms with Crippen LogP contribution in [0.15, 0.2) is 108 Å². The van der Waals surface area contributed by atoms with E-state index in [1.807, 2.05) is 48.5 Å². The number of unbranched alkanes of at least 4 members (excludes halogenated alkanes) is 1. The number of aliphatic imine (C=N–C) groups is 1. The Labute approximate surface area is 495 Å². The second-order valence-electron chi connectivity index (χ2n) is 21.3. The van der Waals surface area contributed by atoms with Gasteiger partial charge in [0.05, 0.1) is 59.6 Å². The maximum atomic E-state index is 14.3. The number of ether oxygens (including phenoxy) is 4. The van der Waals surface area contributed by atoms with E-state index in [9.17, 15) is 38.4 Å². The average molecular weight is 1140 g/mol. The molecule has 5 aromatic rings. The quantitative estimate of drug-likeness (QED) is 0.0401. The number of amides is 8. The summed E-state index contributed by atoms with van der Waals surface area (Å²) < 4.78 is 24.3. The Morgan fingerprint density at radius 2 is 1.24 bits per heavy atom. The molecule has 5 aliphatic rings. The summed E-state index contributed by atoms with van der Waals surface area (Å²) in [5.74, 6) is -3.46. The van der Waals surface area contributed by atoms with Gasteiger partial charge in [-0.3, -0.25) is 53.1 Å². The van der Waals surface area contributed by atoms with Crippen LogP contribution in [0, 0.1) is 0 Å². The van der Waals surface area contributed by atoms with E-state index in [2.05, 4.69) is 26.6 Å². The third kappa shape index (κ3) is 12.4. The van der Waals surface area contributed by atoms with E-state index < -0.39 is 52.4 Å². The predicted molar refractivity (Wildman–Crippen MR) is 319 cm³/mol. The Kier molecular flexibility index (Phi) is 16.7. The van der Waals surface area contributed by atoms with Gasteiger partial charge in [0.15, 0.2) is 23.0 Å². The monoisotopic (exact) mass is 1140 g/mol. The van der Waals surface area contributed by atoms with Crippen LogP contribution in [-0.4, -0.2) is 148 Å². The highest BCUT2D eigenvalue weighted by molar-refractivity contribution is 6.40. The molecule has 5 aromatic carbocycles. The Balaban J connectivity index is 0.859. The molecule has 8 amide bonds. The first-order chi connectivity index (χ1) is 40.6. The maximum absolute atomic E-state index is 14.3. The van der Waals surface area contributed by atoms with Crippen molar-refractivity contribution in [1.82, 2.24) is 20.9 Å². The molecule has 4 atom stereocenters. The highest BCUT2D eigenvalue weighted by Gasteiger charge is 2.40. The first-order valence-electron chi connectivity index (χ1n) is 27.6. The van der Waals surface area contributed by atoms with E-state index in [-0.39, 0.29) is 107 Å². The Bertz CT molecular complexity index is 3620. The lowest BCUT2D eigenvalue weighted by Gasteiger charge is -2.34. The van der Waals surface area contributed by atoms with E-state index in [0.717, 1.165) is 39.6 Å². The van der Waals surface area contributed by atoms with Gasteiger partial charge < -0.3 is 50.4 Å². The second-order valence-corrected chi connectivity index (χ2v) is 21.3. The van der Waals surface area contributed by atoms with Crippen molar-refractivity contribution in [3.05, 3.63) is 137 Å². The highest BCUT2D eigenvalue weighted by Crippen LogP contribution is 2.45. The van der Waals surface area contributed by atoms with Crippen molar-refractivity contribution in [2.45, 2.75) is 87.3 Å². The zero-order valence-electron chi connectivity index (χ0n) is 47.1. The predicted octanol–water partition coefficient (Wildman–Crippen LogP) is 3.59. The minimum Gasteiger partial charge on any atom is -0.499 e. The minimum atomic E-state index is -2.31. The van der Waals surface area contributed by atoms with Crippen LogP contribution in [0.25, 0.3) is 0 Å². The van der Waals surface area contributed by atoms with Crippen LogP contribution >= 0.6 is 0 Å². The number of carbonyl (C=O) groups is 8. The molecule has 0 aromatic heterocycles. The fraction of sp³-hybridized carbons (Fsp3) is 0.317. The summed E-state index contributed by atoms with van der Waals surface area (Å²) in [6.45, 7) is 3.39. The zero-order valence-corrected chi connectivity index (χ0v) is 47.1. The van der Waals surface area contributed by atoms with Crippen LogP contribution in [0.2, 0.25) is 0 Å². The number of benzene rings is 5. The zero-order chi connectivity index (χ0) is 60.5. The Morgan fingerprint density at radius 1 is 0.671 bits per heavy atom. The van der Waals surface area contributed by atoms with E-state index in [4.69, 9.17) is 55.3 Å². The van der Waals surface area contributed by atoms with Crippen molar-refractivity contribution < 1.29 is 57.3 Å². The lowest BCUT2D eigenvalue weighted by molar-refractivity contribution is -0.137. The van der Waals surface area contributed by atoms with Crippen LogP contribution in [0.3, 0.4) is 0 Å². The Hall–Kier alpha value is -9.27. The average Bonchev–Trinajstić information content (AvgIpc) is 1.94. The second kappa shape index (κ2) is 24.1. The number of nitrogens with zero attached hydrogens (tertiary/aromatic N) is 4. The molecule has 25 heteroatoms. The molecule has 0 aliphatic carbocycles. The maximum Gasteiger partial charge on any atom is 0.261 e. The molecule has 85 heavy (non-hydrogen) atoms. The van der Waals surface area contributed by atoms with Crippen LogP contribution in [-0.2, 0) is 52.4 Å². The lowest BCUT2D eigenvalue weighted by Crippen LogP contribution is -2.50. The number of rotatable bonds is 21. The van der Waals surface area contributed by atoms with Gasteiger partial charge in [-0.1, -0.05) is 42.5 Å². The number of hydrogen-bond acceptors (Lipinski definition) is 14. The standard InChI is InChI=1S/C60H57B4N9O12/c1-32(68-52(75)16-10-9-15-51(74)65-19-20-71-53(76)17-18-54(71)77)55(78)69-33(2)56(79)70-38-24-36(59(61,62)84-49-28-43-41(26-47(49)82-3)57(80)72-39(30-66-43)21-34-11-5-7-13-45(34)72)23-37(25-38)60(63,64)85-50-29-44-42(27-48(50)83-4)58(81)73-40(31-67-44)22-35-12-6-8-14-46(35)73/h5-8,11-14,17-18,23-30,32-33,39-40,67H,9-10,15-16,19-22,31H2,1-4H3,(H,65,74)(H,68,75)(H,69,78)(H,70,79)/t32?,33?,39-,40-/m0/s1. The highest BCUT2D eigenvalue weighted by atomic mass is 16.5. The molecular weight excluding hydrogens is 1080 g/mol. The van der Waals surface area contributed by atoms with Crippen LogP contribution in [0.1, 0.15) is 82.5 Å². The van der Waals surface area contributed by atoms with Crippen LogP contribution in [0.4, 0.5) is 28.4 Å². The topological polar surface area (TPSA) is 256 Å². The molecule has 5 N–H and O–H groups in total. The van der Waals surface area contributed by atoms with Crippen LogP contribution in [0.5, 0.6) is 23.0 Å². The summed E-state index contributed by atoms with van der Waals surface area (Å²) in [5.41, 5.74) is 4.83. The van der Waals surface area contributed by atoms with Gasteiger partial charge in [0, 0.05) is 86.5 Å². The molecule has 0 fully saturated rings. The molecule has 0 bridgehead atoms. The molecule has 0 saturated heterocycles. The van der Waals surface area contributed by atoms with Crippen molar-refractivity contribution >= 4 is 113 Å². The summed E-state index contributed by atoms with van der Waals surface area (Å²) in [6, 6.07) is 22.8. The number of hydrogen-bond donors (Lipinski definition) is 5. The number of carbonyl (C=O) groups excluding carboxylic acids is 8.